The van der Waals surface area contributed by atoms with E-state index in [4.69, 9.17) is 11.6 Å². The van der Waals surface area contributed by atoms with E-state index >= 15 is 0 Å². The van der Waals surface area contributed by atoms with Gasteiger partial charge in [0.15, 0.2) is 0 Å². The molecule has 0 saturated heterocycles. The van der Waals surface area contributed by atoms with Crippen molar-refractivity contribution < 1.29 is 4.79 Å². The van der Waals surface area contributed by atoms with Crippen molar-refractivity contribution in [3.05, 3.63) is 34.8 Å². The van der Waals surface area contributed by atoms with Gasteiger partial charge in [0.2, 0.25) is 0 Å². The van der Waals surface area contributed by atoms with E-state index in [1.807, 2.05) is 6.07 Å². The Morgan fingerprint density at radius 3 is 2.94 bits per heavy atom. The number of aromatic nitrogens is 2. The fourth-order valence-corrected chi connectivity index (χ4v) is 2.51. The van der Waals surface area contributed by atoms with Gasteiger partial charge in [-0.25, -0.2) is 0 Å². The third-order valence-corrected chi connectivity index (χ3v) is 3.52. The van der Waals surface area contributed by atoms with Crippen LogP contribution in [0.4, 0.5) is 0 Å². The van der Waals surface area contributed by atoms with Gasteiger partial charge in [-0.05, 0) is 24.1 Å². The average Bonchev–Trinajstić information content (AvgIpc) is 2.78. The summed E-state index contributed by atoms with van der Waals surface area (Å²) in [7, 11) is 0. The molecule has 0 aliphatic heterocycles. The van der Waals surface area contributed by atoms with Gasteiger partial charge >= 0.3 is 0 Å². The standard InChI is InChI=1S/C12H11ClN2OS/c1-2-4-10-14-15-12(17-10)9-6-3-5-8(7-9)11(13)16/h3,5-7H,2,4H2,1H3. The second kappa shape index (κ2) is 5.38. The highest BCUT2D eigenvalue weighted by Crippen LogP contribution is 2.25. The lowest BCUT2D eigenvalue weighted by atomic mass is 10.1. The Labute approximate surface area is 108 Å². The maximum absolute atomic E-state index is 11.1. The first kappa shape index (κ1) is 12.2. The Bertz CT molecular complexity index is 539. The van der Waals surface area contributed by atoms with Crippen molar-refractivity contribution >= 4 is 28.2 Å². The van der Waals surface area contributed by atoms with E-state index in [9.17, 15) is 4.79 Å². The summed E-state index contributed by atoms with van der Waals surface area (Å²) in [6.07, 6.45) is 1.99. The molecule has 0 atom stereocenters. The number of carbonyl (C=O) groups is 1. The number of halogens is 1. The summed E-state index contributed by atoms with van der Waals surface area (Å²) in [6.45, 7) is 2.11. The van der Waals surface area contributed by atoms with Crippen LogP contribution in [-0.2, 0) is 6.42 Å². The lowest BCUT2D eigenvalue weighted by molar-refractivity contribution is 0.108. The van der Waals surface area contributed by atoms with E-state index in [1.165, 1.54) is 0 Å². The highest BCUT2D eigenvalue weighted by Gasteiger charge is 2.08. The number of hydrogen-bond acceptors (Lipinski definition) is 4. The summed E-state index contributed by atoms with van der Waals surface area (Å²) in [5.41, 5.74) is 1.37. The van der Waals surface area contributed by atoms with Gasteiger partial charge in [0.25, 0.3) is 5.24 Å². The van der Waals surface area contributed by atoms with E-state index in [1.54, 1.807) is 29.5 Å². The smallest absolute Gasteiger partial charge is 0.252 e. The third-order valence-electron chi connectivity index (χ3n) is 2.27. The largest absolute Gasteiger partial charge is 0.276 e. The molecule has 1 aromatic heterocycles. The van der Waals surface area contributed by atoms with Gasteiger partial charge in [0, 0.05) is 17.5 Å². The van der Waals surface area contributed by atoms with Crippen LogP contribution in [0.25, 0.3) is 10.6 Å². The first-order valence-electron chi connectivity index (χ1n) is 5.33. The molecular formula is C12H11ClN2OS. The first-order chi connectivity index (χ1) is 8.20. The molecule has 0 spiro atoms. The minimum absolute atomic E-state index is 0.454. The minimum atomic E-state index is -0.454. The van der Waals surface area contributed by atoms with Crippen LogP contribution in [0.2, 0.25) is 0 Å². The summed E-state index contributed by atoms with van der Waals surface area (Å²) < 4.78 is 0. The Morgan fingerprint density at radius 2 is 2.24 bits per heavy atom. The molecule has 0 N–H and O–H groups in total. The van der Waals surface area contributed by atoms with Crippen LogP contribution in [-0.4, -0.2) is 15.4 Å². The molecule has 2 aromatic rings. The number of carbonyl (C=O) groups excluding carboxylic acids is 1. The number of benzene rings is 1. The number of nitrogens with zero attached hydrogens (tertiary/aromatic N) is 2. The lowest BCUT2D eigenvalue weighted by Crippen LogP contribution is -1.88. The first-order valence-corrected chi connectivity index (χ1v) is 6.53. The summed E-state index contributed by atoms with van der Waals surface area (Å²) in [5, 5.41) is 9.62. The molecule has 1 heterocycles. The Hall–Kier alpha value is -1.26. The number of aryl methyl sites for hydroxylation is 1. The maximum Gasteiger partial charge on any atom is 0.252 e. The third kappa shape index (κ3) is 2.90. The van der Waals surface area contributed by atoms with Gasteiger partial charge in [-0.2, -0.15) is 0 Å². The average molecular weight is 267 g/mol. The highest BCUT2D eigenvalue weighted by molar-refractivity contribution is 7.14. The zero-order valence-electron chi connectivity index (χ0n) is 9.31. The van der Waals surface area contributed by atoms with Crippen LogP contribution in [0.5, 0.6) is 0 Å². The van der Waals surface area contributed by atoms with Gasteiger partial charge in [-0.1, -0.05) is 36.5 Å². The van der Waals surface area contributed by atoms with E-state index < -0.39 is 5.24 Å². The fourth-order valence-electron chi connectivity index (χ4n) is 1.46. The zero-order chi connectivity index (χ0) is 12.3. The molecule has 0 aliphatic carbocycles. The molecule has 0 aliphatic rings. The van der Waals surface area contributed by atoms with Gasteiger partial charge in [-0.3, -0.25) is 4.79 Å². The predicted octanol–water partition coefficient (Wildman–Crippen LogP) is 3.54. The Morgan fingerprint density at radius 1 is 1.41 bits per heavy atom. The fraction of sp³-hybridized carbons (Fsp3) is 0.250. The van der Waals surface area contributed by atoms with Crippen molar-refractivity contribution in [2.45, 2.75) is 19.8 Å². The zero-order valence-corrected chi connectivity index (χ0v) is 10.9. The monoisotopic (exact) mass is 266 g/mol. The van der Waals surface area contributed by atoms with Crippen LogP contribution < -0.4 is 0 Å². The van der Waals surface area contributed by atoms with Crippen molar-refractivity contribution in [2.24, 2.45) is 0 Å². The molecule has 3 nitrogen and oxygen atoms in total. The van der Waals surface area contributed by atoms with Gasteiger partial charge in [-0.15, -0.1) is 10.2 Å². The number of hydrogen-bond donors (Lipinski definition) is 0. The van der Waals surface area contributed by atoms with Crippen LogP contribution in [0.1, 0.15) is 28.7 Å². The molecule has 0 amide bonds. The van der Waals surface area contributed by atoms with Crippen molar-refractivity contribution in [1.82, 2.24) is 10.2 Å². The van der Waals surface area contributed by atoms with Crippen LogP contribution in [0.3, 0.4) is 0 Å². The van der Waals surface area contributed by atoms with Gasteiger partial charge in [0.1, 0.15) is 10.0 Å². The SMILES string of the molecule is CCCc1nnc(-c2cccc(C(=O)Cl)c2)s1. The molecule has 2 rings (SSSR count). The predicted molar refractivity (Wildman–Crippen MR) is 69.5 cm³/mol. The molecule has 5 heteroatoms. The lowest BCUT2D eigenvalue weighted by Gasteiger charge is -1.97. The van der Waals surface area contributed by atoms with Crippen LogP contribution in [0, 0.1) is 0 Å². The molecule has 0 radical (unpaired) electrons. The molecule has 0 saturated carbocycles. The summed E-state index contributed by atoms with van der Waals surface area (Å²) >= 11 is 7.00. The Kier molecular flexibility index (Phi) is 3.86. The van der Waals surface area contributed by atoms with E-state index in [-0.39, 0.29) is 0 Å². The normalized spacial score (nSPS) is 10.5. The maximum atomic E-state index is 11.1. The van der Waals surface area contributed by atoms with E-state index in [2.05, 4.69) is 17.1 Å². The minimum Gasteiger partial charge on any atom is -0.276 e. The number of rotatable bonds is 4. The van der Waals surface area contributed by atoms with Crippen molar-refractivity contribution in [3.63, 3.8) is 0 Å². The second-order valence-electron chi connectivity index (χ2n) is 3.61. The second-order valence-corrected chi connectivity index (χ2v) is 5.01. The van der Waals surface area contributed by atoms with Crippen LogP contribution >= 0.6 is 22.9 Å². The highest BCUT2D eigenvalue weighted by atomic mass is 35.5. The molecule has 0 bridgehead atoms. The van der Waals surface area contributed by atoms with Gasteiger partial charge in [0.05, 0.1) is 0 Å². The van der Waals surface area contributed by atoms with Crippen molar-refractivity contribution in [3.8, 4) is 10.6 Å². The summed E-state index contributed by atoms with van der Waals surface area (Å²) in [6, 6.07) is 7.13. The van der Waals surface area contributed by atoms with Crippen molar-refractivity contribution in [1.29, 1.82) is 0 Å². The Balaban J connectivity index is 2.32. The molecule has 1 aromatic carbocycles. The molecule has 0 unspecified atom stereocenters. The van der Waals surface area contributed by atoms with Crippen LogP contribution in [0.15, 0.2) is 24.3 Å². The van der Waals surface area contributed by atoms with Crippen molar-refractivity contribution in [2.75, 3.05) is 0 Å². The summed E-state index contributed by atoms with van der Waals surface area (Å²) in [4.78, 5) is 11.1. The van der Waals surface area contributed by atoms with E-state index in [0.29, 0.717) is 5.56 Å². The van der Waals surface area contributed by atoms with E-state index in [0.717, 1.165) is 28.4 Å². The molecule has 0 fully saturated rings. The molecular weight excluding hydrogens is 256 g/mol. The summed E-state index contributed by atoms with van der Waals surface area (Å²) in [5.74, 6) is 0. The molecule has 17 heavy (non-hydrogen) atoms. The topological polar surface area (TPSA) is 42.9 Å². The van der Waals surface area contributed by atoms with Gasteiger partial charge < -0.3 is 0 Å². The molecule has 88 valence electrons. The quantitative estimate of drug-likeness (QED) is 0.795.